The molecular weight excluding hydrogens is 420 g/mol. The van der Waals surface area contributed by atoms with E-state index in [9.17, 15) is 0 Å². The highest BCUT2D eigenvalue weighted by molar-refractivity contribution is 9.11. The van der Waals surface area contributed by atoms with Crippen LogP contribution in [0.25, 0.3) is 0 Å². The van der Waals surface area contributed by atoms with Crippen molar-refractivity contribution < 1.29 is 4.74 Å². The van der Waals surface area contributed by atoms with Crippen LogP contribution in [0.3, 0.4) is 0 Å². The van der Waals surface area contributed by atoms with Crippen LogP contribution in [0.15, 0.2) is 46.8 Å². The highest BCUT2D eigenvalue weighted by atomic mass is 79.9. The molecule has 148 valence electrons. The van der Waals surface area contributed by atoms with Crippen molar-refractivity contribution in [2.45, 2.75) is 32.0 Å². The lowest BCUT2D eigenvalue weighted by Gasteiger charge is -2.57. The van der Waals surface area contributed by atoms with Gasteiger partial charge >= 0.3 is 0 Å². The Bertz CT molecular complexity index is 775. The quantitative estimate of drug-likeness (QED) is 0.348. The summed E-state index contributed by atoms with van der Waals surface area (Å²) in [6.07, 6.45) is 8.36. The van der Waals surface area contributed by atoms with E-state index < -0.39 is 0 Å². The van der Waals surface area contributed by atoms with Crippen molar-refractivity contribution in [2.75, 3.05) is 20.2 Å². The number of methoxy groups -OCH3 is 1. The molecule has 3 saturated heterocycles. The fraction of sp³-hybridized carbons (Fsp3) is 0.450. The number of fused-ring (bicyclic) bond motifs is 2. The van der Waals surface area contributed by atoms with Gasteiger partial charge in [0, 0.05) is 54.7 Å². The minimum Gasteiger partial charge on any atom is -0.481 e. The zero-order valence-electron chi connectivity index (χ0n) is 16.2. The Morgan fingerprint density at radius 1 is 1.54 bits per heavy atom. The number of ether oxygens (including phenoxy) is 1. The van der Waals surface area contributed by atoms with E-state index in [4.69, 9.17) is 10.00 Å². The number of aromatic nitrogens is 1. The summed E-state index contributed by atoms with van der Waals surface area (Å²) in [5.74, 6) is 0.398. The Kier molecular flexibility index (Phi) is 6.83. The molecule has 0 N–H and O–H groups in total. The van der Waals surface area contributed by atoms with Crippen LogP contribution in [0.2, 0.25) is 0 Å². The molecule has 0 spiro atoms. The van der Waals surface area contributed by atoms with Crippen molar-refractivity contribution in [3.05, 3.63) is 47.2 Å². The van der Waals surface area contributed by atoms with Crippen molar-refractivity contribution in [1.29, 1.82) is 5.26 Å². The lowest BCUT2D eigenvalue weighted by molar-refractivity contribution is -0.137. The maximum absolute atomic E-state index is 9.01. The first kappa shape index (κ1) is 20.5. The zero-order chi connectivity index (χ0) is 20.1. The Labute approximate surface area is 174 Å². The van der Waals surface area contributed by atoms with Gasteiger partial charge in [-0.05, 0) is 34.8 Å². The van der Waals surface area contributed by atoms with Gasteiger partial charge in [0.05, 0.1) is 25.3 Å². The number of hydrazone groups is 1. The third-order valence-corrected chi connectivity index (χ3v) is 5.56. The Morgan fingerprint density at radius 2 is 2.29 bits per heavy atom. The zero-order valence-corrected chi connectivity index (χ0v) is 17.8. The lowest BCUT2D eigenvalue weighted by Crippen LogP contribution is -2.69. The molecule has 8 heteroatoms. The fourth-order valence-corrected chi connectivity index (χ4v) is 3.66. The Hall–Kier alpha value is -2.21. The third-order valence-electron chi connectivity index (χ3n) is 5.03. The fourth-order valence-electron chi connectivity index (χ4n) is 3.48. The number of rotatable bonds is 8. The second-order valence-corrected chi connectivity index (χ2v) is 7.93. The molecule has 4 rings (SSSR count). The van der Waals surface area contributed by atoms with Gasteiger partial charge in [-0.2, -0.15) is 15.4 Å². The van der Waals surface area contributed by atoms with Crippen LogP contribution in [0.1, 0.15) is 18.9 Å². The van der Waals surface area contributed by atoms with E-state index in [1.54, 1.807) is 19.4 Å². The normalized spacial score (nSPS) is 23.7. The maximum atomic E-state index is 9.01. The molecule has 3 unspecified atom stereocenters. The number of hydrogen-bond donors (Lipinski definition) is 0. The summed E-state index contributed by atoms with van der Waals surface area (Å²) in [6.45, 7) is 8.26. The van der Waals surface area contributed by atoms with Crippen LogP contribution in [0.5, 0.6) is 5.88 Å². The second-order valence-electron chi connectivity index (χ2n) is 7.02. The minimum absolute atomic E-state index is 0.239. The van der Waals surface area contributed by atoms with Gasteiger partial charge in [-0.3, -0.25) is 4.90 Å². The molecule has 3 fully saturated rings. The topological polar surface area (TPSA) is 68.0 Å². The number of nitrogens with zero attached hydrogens (tertiary/aromatic N) is 6. The molecule has 0 saturated carbocycles. The maximum Gasteiger partial charge on any atom is 0.212 e. The molecule has 3 aliphatic heterocycles. The average Bonchev–Trinajstić information content (AvgIpc) is 2.74. The first-order valence-corrected chi connectivity index (χ1v) is 10.1. The predicted molar refractivity (Wildman–Crippen MR) is 112 cm³/mol. The van der Waals surface area contributed by atoms with E-state index in [-0.39, 0.29) is 5.92 Å². The van der Waals surface area contributed by atoms with Crippen LogP contribution >= 0.6 is 15.9 Å². The van der Waals surface area contributed by atoms with Crippen LogP contribution in [-0.2, 0) is 6.54 Å². The van der Waals surface area contributed by atoms with Crippen molar-refractivity contribution in [1.82, 2.24) is 20.0 Å². The number of piperazine rings is 1. The molecule has 0 aromatic carbocycles. The largest absolute Gasteiger partial charge is 0.481 e. The standard InChI is InChI=1S/C20H25BrN6O/c1-4-17(21)12-27(24-9-15(2)8-22)25-13-18-7-19(14-25)26(18)11-16-5-6-20(28-3)23-10-16/h4-6,9-10,12,15,18-19H,1,7,11,13-14H2,2-3H3/b17-12+,24-9-. The van der Waals surface area contributed by atoms with Gasteiger partial charge in [0.25, 0.3) is 0 Å². The van der Waals surface area contributed by atoms with Gasteiger partial charge in [-0.1, -0.05) is 18.7 Å². The SMILES string of the molecule is C=C/C(Br)=C\N(/N=C\C(C)C#N)N1CC2CC(C1)N2Cc1ccc(OC)nc1. The molecule has 0 aliphatic carbocycles. The van der Waals surface area contributed by atoms with Crippen LogP contribution in [0, 0.1) is 17.2 Å². The summed E-state index contributed by atoms with van der Waals surface area (Å²) in [5, 5.41) is 17.6. The number of nitriles is 1. The molecule has 1 aromatic heterocycles. The van der Waals surface area contributed by atoms with E-state index in [1.807, 2.05) is 30.5 Å². The van der Waals surface area contributed by atoms with Gasteiger partial charge < -0.3 is 4.74 Å². The van der Waals surface area contributed by atoms with Crippen LogP contribution in [0.4, 0.5) is 0 Å². The molecule has 28 heavy (non-hydrogen) atoms. The van der Waals surface area contributed by atoms with E-state index in [0.717, 1.165) is 24.1 Å². The average molecular weight is 445 g/mol. The number of piperidine rings is 1. The molecule has 3 atom stereocenters. The number of hydrazine groups is 1. The van der Waals surface area contributed by atoms with Crippen molar-refractivity contribution in [3.63, 3.8) is 0 Å². The van der Waals surface area contributed by atoms with E-state index in [0.29, 0.717) is 18.0 Å². The number of halogens is 1. The Morgan fingerprint density at radius 3 is 2.86 bits per heavy atom. The van der Waals surface area contributed by atoms with Crippen molar-refractivity contribution >= 4 is 22.1 Å². The second kappa shape index (κ2) is 9.32. The number of pyridine rings is 1. The van der Waals surface area contributed by atoms with Gasteiger partial charge in [0.1, 0.15) is 0 Å². The molecule has 2 bridgehead atoms. The molecule has 3 aliphatic rings. The first-order valence-electron chi connectivity index (χ1n) is 9.26. The molecule has 1 aromatic rings. The number of hydrogen-bond acceptors (Lipinski definition) is 7. The van der Waals surface area contributed by atoms with Gasteiger partial charge in [0.2, 0.25) is 5.88 Å². The predicted octanol–water partition coefficient (Wildman–Crippen LogP) is 3.13. The van der Waals surface area contributed by atoms with Crippen LogP contribution in [-0.4, -0.2) is 58.5 Å². The summed E-state index contributed by atoms with van der Waals surface area (Å²) >= 11 is 3.47. The third kappa shape index (κ3) is 4.79. The lowest BCUT2D eigenvalue weighted by atomic mass is 9.87. The summed E-state index contributed by atoms with van der Waals surface area (Å²) in [6, 6.07) is 7.11. The van der Waals surface area contributed by atoms with Gasteiger partial charge in [0.15, 0.2) is 0 Å². The first-order chi connectivity index (χ1) is 13.5. The van der Waals surface area contributed by atoms with Gasteiger partial charge in [-0.25, -0.2) is 10.1 Å². The Balaban J connectivity index is 1.65. The summed E-state index contributed by atoms with van der Waals surface area (Å²) in [7, 11) is 1.63. The van der Waals surface area contributed by atoms with E-state index in [2.05, 4.69) is 54.6 Å². The molecule has 0 amide bonds. The van der Waals surface area contributed by atoms with Gasteiger partial charge in [-0.15, -0.1) is 0 Å². The van der Waals surface area contributed by atoms with E-state index in [1.165, 1.54) is 12.0 Å². The molecular formula is C20H25BrN6O. The highest BCUT2D eigenvalue weighted by Crippen LogP contribution is 2.34. The number of allylic oxidation sites excluding steroid dienone is 2. The minimum atomic E-state index is -0.239. The summed E-state index contributed by atoms with van der Waals surface area (Å²) in [4.78, 5) is 6.82. The summed E-state index contributed by atoms with van der Waals surface area (Å²) < 4.78 is 5.97. The monoisotopic (exact) mass is 444 g/mol. The highest BCUT2D eigenvalue weighted by Gasteiger charge is 2.45. The summed E-state index contributed by atoms with van der Waals surface area (Å²) in [5.41, 5.74) is 1.19. The molecule has 0 radical (unpaired) electrons. The molecule has 4 heterocycles. The smallest absolute Gasteiger partial charge is 0.212 e. The van der Waals surface area contributed by atoms with Crippen molar-refractivity contribution in [3.8, 4) is 11.9 Å². The molecule has 7 nitrogen and oxygen atoms in total. The van der Waals surface area contributed by atoms with E-state index >= 15 is 0 Å². The van der Waals surface area contributed by atoms with Crippen molar-refractivity contribution in [2.24, 2.45) is 11.0 Å². The van der Waals surface area contributed by atoms with Crippen LogP contribution < -0.4 is 4.74 Å².